The van der Waals surface area contributed by atoms with Crippen LogP contribution in [-0.4, -0.2) is 38.9 Å². The van der Waals surface area contributed by atoms with Crippen molar-refractivity contribution >= 4 is 28.3 Å². The molecule has 0 saturated carbocycles. The first kappa shape index (κ1) is 26.3. The number of amides is 1. The van der Waals surface area contributed by atoms with Crippen molar-refractivity contribution in [2.75, 3.05) is 12.8 Å². The number of ether oxygens (including phenoxy) is 1. The number of pyridine rings is 1. The molecule has 38 heavy (non-hydrogen) atoms. The molecule has 3 heterocycles. The first-order valence-electron chi connectivity index (χ1n) is 10.7. The fourth-order valence-electron chi connectivity index (χ4n) is 3.59. The molecule has 0 aliphatic heterocycles. The minimum atomic E-state index is -5.02. The summed E-state index contributed by atoms with van der Waals surface area (Å²) in [5.74, 6) is -2.13. The molecule has 198 valence electrons. The maximum atomic E-state index is 13.0. The molecule has 0 bridgehead atoms. The van der Waals surface area contributed by atoms with E-state index in [9.17, 15) is 31.1 Å². The van der Waals surface area contributed by atoms with Crippen molar-refractivity contribution in [3.8, 4) is 16.9 Å². The Morgan fingerprint density at radius 2 is 1.68 bits per heavy atom. The van der Waals surface area contributed by atoms with Crippen LogP contribution in [0.4, 0.5) is 32.2 Å². The van der Waals surface area contributed by atoms with Gasteiger partial charge in [0.2, 0.25) is 5.82 Å². The van der Waals surface area contributed by atoms with Gasteiger partial charge < -0.3 is 20.8 Å². The van der Waals surface area contributed by atoms with Gasteiger partial charge in [-0.25, -0.2) is 0 Å². The number of rotatable bonds is 3. The number of para-hydroxylation sites is 1. The van der Waals surface area contributed by atoms with Gasteiger partial charge in [0, 0.05) is 24.1 Å². The molecule has 0 fully saturated rings. The molecule has 14 heteroatoms. The second kappa shape index (κ2) is 9.95. The Morgan fingerprint density at radius 1 is 0.974 bits per heavy atom. The van der Waals surface area contributed by atoms with Crippen LogP contribution in [0.1, 0.15) is 16.2 Å². The lowest BCUT2D eigenvalue weighted by molar-refractivity contribution is -0.274. The molecule has 0 spiro atoms. The zero-order valence-corrected chi connectivity index (χ0v) is 19.4. The van der Waals surface area contributed by atoms with Crippen LogP contribution in [0.2, 0.25) is 0 Å². The molecule has 0 aliphatic rings. The van der Waals surface area contributed by atoms with Gasteiger partial charge in [0.05, 0.1) is 5.56 Å². The van der Waals surface area contributed by atoms with Crippen LogP contribution in [0.5, 0.6) is 5.75 Å². The van der Waals surface area contributed by atoms with Crippen molar-refractivity contribution in [3.05, 3.63) is 78.2 Å². The van der Waals surface area contributed by atoms with E-state index in [1.807, 2.05) is 30.3 Å². The van der Waals surface area contributed by atoms with Crippen molar-refractivity contribution in [1.82, 2.24) is 24.9 Å². The zero-order valence-electron chi connectivity index (χ0n) is 19.4. The third kappa shape index (κ3) is 5.79. The van der Waals surface area contributed by atoms with Gasteiger partial charge in [-0.1, -0.05) is 24.3 Å². The maximum Gasteiger partial charge on any atom is 0.573 e. The summed E-state index contributed by atoms with van der Waals surface area (Å²) in [5.41, 5.74) is 6.52. The van der Waals surface area contributed by atoms with Crippen LogP contribution in [0.3, 0.4) is 0 Å². The Morgan fingerprint density at radius 3 is 2.34 bits per heavy atom. The van der Waals surface area contributed by atoms with E-state index in [1.165, 1.54) is 30.6 Å². The molecule has 8 nitrogen and oxygen atoms in total. The van der Waals surface area contributed by atoms with E-state index < -0.39 is 35.6 Å². The number of H-pyrrole nitrogens is 1. The number of hydrogen-bond acceptors (Lipinski definition) is 5. The van der Waals surface area contributed by atoms with Gasteiger partial charge in [-0.05, 0) is 47.5 Å². The molecular formula is C24H18F6N6O2. The Hall–Kier alpha value is -4.75. The summed E-state index contributed by atoms with van der Waals surface area (Å²) in [4.78, 5) is 15.0. The average Bonchev–Trinajstić information content (AvgIpc) is 3.45. The van der Waals surface area contributed by atoms with Gasteiger partial charge in [-0.15, -0.1) is 23.4 Å². The molecule has 4 N–H and O–H groups in total. The SMILES string of the molecule is CNC(=O)c1cc(-c2ccc3nnc(C(F)(F)F)n3c2)ccc1OC(F)(F)F.Nc1cc2ccccc2[nH]1. The molecule has 0 unspecified atom stereocenters. The monoisotopic (exact) mass is 536 g/mol. The smallest absolute Gasteiger partial charge is 0.405 e. The van der Waals surface area contributed by atoms with E-state index in [0.29, 0.717) is 4.40 Å². The molecule has 0 atom stereocenters. The third-order valence-electron chi connectivity index (χ3n) is 5.22. The van der Waals surface area contributed by atoms with Gasteiger partial charge >= 0.3 is 12.5 Å². The van der Waals surface area contributed by atoms with Crippen molar-refractivity contribution in [2.45, 2.75) is 12.5 Å². The Labute approximate surface area is 210 Å². The van der Waals surface area contributed by atoms with Crippen LogP contribution in [0.15, 0.2) is 66.9 Å². The van der Waals surface area contributed by atoms with Crippen molar-refractivity contribution in [2.24, 2.45) is 0 Å². The van der Waals surface area contributed by atoms with E-state index in [2.05, 4.69) is 25.2 Å². The summed E-state index contributed by atoms with van der Waals surface area (Å²) >= 11 is 0. The lowest BCUT2D eigenvalue weighted by Gasteiger charge is -2.14. The topological polar surface area (TPSA) is 110 Å². The highest BCUT2D eigenvalue weighted by Crippen LogP contribution is 2.32. The highest BCUT2D eigenvalue weighted by molar-refractivity contribution is 5.98. The molecule has 2 aromatic carbocycles. The molecule has 0 aliphatic carbocycles. The molecule has 1 amide bonds. The summed E-state index contributed by atoms with van der Waals surface area (Å²) in [6, 6.07) is 15.8. The molecule has 3 aromatic heterocycles. The highest BCUT2D eigenvalue weighted by atomic mass is 19.4. The van der Waals surface area contributed by atoms with Crippen LogP contribution in [0, 0.1) is 0 Å². The summed E-state index contributed by atoms with van der Waals surface area (Å²) in [6.07, 6.45) is -8.70. The van der Waals surface area contributed by atoms with Gasteiger partial charge in [-0.2, -0.15) is 13.2 Å². The first-order valence-corrected chi connectivity index (χ1v) is 10.7. The number of nitrogen functional groups attached to an aromatic ring is 1. The van der Waals surface area contributed by atoms with E-state index in [4.69, 9.17) is 5.73 Å². The fourth-order valence-corrected chi connectivity index (χ4v) is 3.59. The van der Waals surface area contributed by atoms with E-state index in [-0.39, 0.29) is 16.8 Å². The average molecular weight is 536 g/mol. The number of nitrogens with one attached hydrogen (secondary N) is 2. The van der Waals surface area contributed by atoms with Crippen LogP contribution in [0.25, 0.3) is 27.7 Å². The number of aromatic amines is 1. The molecular weight excluding hydrogens is 518 g/mol. The lowest BCUT2D eigenvalue weighted by atomic mass is 10.0. The molecule has 0 radical (unpaired) electrons. The first-order chi connectivity index (χ1) is 17.9. The van der Waals surface area contributed by atoms with E-state index in [1.54, 1.807) is 0 Å². The molecule has 5 rings (SSSR count). The summed E-state index contributed by atoms with van der Waals surface area (Å²) in [7, 11) is 1.21. The van der Waals surface area contributed by atoms with Crippen molar-refractivity contribution in [3.63, 3.8) is 0 Å². The number of hydrogen-bond donors (Lipinski definition) is 3. The Bertz CT molecular complexity index is 1570. The lowest BCUT2D eigenvalue weighted by Crippen LogP contribution is -2.23. The zero-order chi connectivity index (χ0) is 27.7. The third-order valence-corrected chi connectivity index (χ3v) is 5.22. The largest absolute Gasteiger partial charge is 0.573 e. The van der Waals surface area contributed by atoms with Gasteiger partial charge in [0.1, 0.15) is 11.6 Å². The standard InChI is InChI=1S/C16H10F6N4O2.C8H8N2/c1-23-13(27)10-6-8(2-4-11(10)28-16(20,21)22)9-3-5-12-24-25-14(15(17,18)19)26(12)7-9;9-8-5-6-3-1-2-4-7(6)10-8/h2-7H,1H3,(H,23,27);1-5,10H,9H2. The minimum Gasteiger partial charge on any atom is -0.405 e. The number of carbonyl (C=O) groups is 1. The number of carbonyl (C=O) groups excluding carboxylic acids is 1. The fraction of sp³-hybridized carbons (Fsp3) is 0.125. The van der Waals surface area contributed by atoms with Crippen LogP contribution < -0.4 is 15.8 Å². The molecule has 5 aromatic rings. The highest BCUT2D eigenvalue weighted by Gasteiger charge is 2.37. The Balaban J connectivity index is 0.000000278. The second-order valence-electron chi connectivity index (χ2n) is 7.82. The van der Waals surface area contributed by atoms with Crippen molar-refractivity contribution < 1.29 is 35.9 Å². The summed E-state index contributed by atoms with van der Waals surface area (Å²) < 4.78 is 81.2. The number of nitrogens with zero attached hydrogens (tertiary/aromatic N) is 3. The number of benzene rings is 2. The summed E-state index contributed by atoms with van der Waals surface area (Å²) in [5, 5.41) is 9.86. The van der Waals surface area contributed by atoms with E-state index >= 15 is 0 Å². The Kier molecular flexibility index (Phi) is 6.89. The normalized spacial score (nSPS) is 11.8. The van der Waals surface area contributed by atoms with Gasteiger partial charge in [-0.3, -0.25) is 9.20 Å². The summed E-state index contributed by atoms with van der Waals surface area (Å²) in [6.45, 7) is 0. The number of aromatic nitrogens is 4. The van der Waals surface area contributed by atoms with E-state index in [0.717, 1.165) is 29.7 Å². The van der Waals surface area contributed by atoms with Gasteiger partial charge in [0.25, 0.3) is 5.91 Å². The quantitative estimate of drug-likeness (QED) is 0.267. The maximum absolute atomic E-state index is 13.0. The number of fused-ring (bicyclic) bond motifs is 2. The predicted molar refractivity (Wildman–Crippen MR) is 126 cm³/mol. The molecule has 0 saturated heterocycles. The number of alkyl halides is 6. The van der Waals surface area contributed by atoms with Crippen molar-refractivity contribution in [1.29, 1.82) is 0 Å². The predicted octanol–water partition coefficient (Wildman–Crippen LogP) is 5.42. The van der Waals surface area contributed by atoms with Gasteiger partial charge in [0.15, 0.2) is 5.65 Å². The minimum absolute atomic E-state index is 0.0698. The number of halogens is 6. The van der Waals surface area contributed by atoms with Crippen LogP contribution in [-0.2, 0) is 6.18 Å². The van der Waals surface area contributed by atoms with Crippen LogP contribution >= 0.6 is 0 Å². The number of nitrogens with two attached hydrogens (primary N) is 1. The number of anilines is 1. The second-order valence-corrected chi connectivity index (χ2v) is 7.82.